The Bertz CT molecular complexity index is 1280. The van der Waals surface area contributed by atoms with Crippen molar-refractivity contribution in [2.45, 2.75) is 31.8 Å². The second-order valence-electron chi connectivity index (χ2n) is 8.11. The molecule has 0 bridgehead atoms. The molecule has 0 radical (unpaired) electrons. The first-order valence-corrected chi connectivity index (χ1v) is 11.3. The van der Waals surface area contributed by atoms with E-state index >= 15 is 0 Å². The first kappa shape index (κ1) is 19.7. The summed E-state index contributed by atoms with van der Waals surface area (Å²) >= 11 is 1.50. The zero-order valence-corrected chi connectivity index (χ0v) is 18.1. The number of amides is 1. The van der Waals surface area contributed by atoms with Crippen molar-refractivity contribution < 1.29 is 4.79 Å². The van der Waals surface area contributed by atoms with Crippen LogP contribution in [0.3, 0.4) is 0 Å². The number of benzene rings is 2. The molecule has 1 saturated heterocycles. The standard InChI is InChI=1S/C25H23N3O2S/c1-17-12-20(18-8-4-2-5-9-18)14-28(17)23(29)15-27-16-26-24-21(25(27)30)13-22(31-24)19-10-6-3-7-11-19/h2-11,13,16-17,20H,12,14-15H2,1H3. The Morgan fingerprint density at radius 2 is 1.81 bits per heavy atom. The number of rotatable bonds is 4. The first-order chi connectivity index (χ1) is 15.1. The number of hydrogen-bond acceptors (Lipinski definition) is 4. The van der Waals surface area contributed by atoms with Gasteiger partial charge in [-0.2, -0.15) is 0 Å². The molecular formula is C25H23N3O2S. The Labute approximate surface area is 184 Å². The van der Waals surface area contributed by atoms with Gasteiger partial charge in [0, 0.05) is 23.4 Å². The van der Waals surface area contributed by atoms with Gasteiger partial charge in [0.05, 0.1) is 11.7 Å². The van der Waals surface area contributed by atoms with Crippen LogP contribution >= 0.6 is 11.3 Å². The molecular weight excluding hydrogens is 406 g/mol. The molecule has 2 aromatic heterocycles. The molecule has 0 aliphatic carbocycles. The lowest BCUT2D eigenvalue weighted by atomic mass is 9.97. The molecule has 1 aliphatic rings. The molecule has 5 nitrogen and oxygen atoms in total. The van der Waals surface area contributed by atoms with E-state index in [1.165, 1.54) is 27.8 Å². The second-order valence-corrected chi connectivity index (χ2v) is 9.14. The quantitative estimate of drug-likeness (QED) is 0.479. The van der Waals surface area contributed by atoms with Gasteiger partial charge in [-0.25, -0.2) is 4.98 Å². The SMILES string of the molecule is CC1CC(c2ccccc2)CN1C(=O)Cn1cnc2sc(-c3ccccc3)cc2c1=O. The van der Waals surface area contributed by atoms with E-state index < -0.39 is 0 Å². The van der Waals surface area contributed by atoms with E-state index in [-0.39, 0.29) is 24.1 Å². The summed E-state index contributed by atoms with van der Waals surface area (Å²) < 4.78 is 1.44. The zero-order chi connectivity index (χ0) is 21.4. The third kappa shape index (κ3) is 3.79. The molecule has 1 aliphatic heterocycles. The van der Waals surface area contributed by atoms with E-state index in [2.05, 4.69) is 24.0 Å². The maximum absolute atomic E-state index is 13.1. The average Bonchev–Trinajstić information content (AvgIpc) is 3.41. The van der Waals surface area contributed by atoms with Gasteiger partial charge < -0.3 is 4.90 Å². The lowest BCUT2D eigenvalue weighted by molar-refractivity contribution is -0.132. The Morgan fingerprint density at radius 3 is 2.55 bits per heavy atom. The van der Waals surface area contributed by atoms with E-state index in [1.807, 2.05) is 59.5 Å². The van der Waals surface area contributed by atoms with Gasteiger partial charge >= 0.3 is 0 Å². The minimum absolute atomic E-state index is 0.0180. The number of carbonyl (C=O) groups is 1. The summed E-state index contributed by atoms with van der Waals surface area (Å²) in [4.78, 5) is 34.2. The Hall–Kier alpha value is -3.25. The van der Waals surface area contributed by atoms with Crippen molar-refractivity contribution in [2.24, 2.45) is 0 Å². The van der Waals surface area contributed by atoms with E-state index in [1.54, 1.807) is 0 Å². The summed E-state index contributed by atoms with van der Waals surface area (Å²) in [5, 5.41) is 0.566. The summed E-state index contributed by atoms with van der Waals surface area (Å²) in [6.07, 6.45) is 2.44. The largest absolute Gasteiger partial charge is 0.338 e. The van der Waals surface area contributed by atoms with Crippen LogP contribution < -0.4 is 5.56 Å². The molecule has 0 saturated carbocycles. The zero-order valence-electron chi connectivity index (χ0n) is 17.3. The fraction of sp³-hybridized carbons (Fsp3) is 0.240. The van der Waals surface area contributed by atoms with Crippen LogP contribution in [0.1, 0.15) is 24.8 Å². The highest BCUT2D eigenvalue weighted by Crippen LogP contribution is 2.32. The van der Waals surface area contributed by atoms with Gasteiger partial charge in [-0.1, -0.05) is 60.7 Å². The summed E-state index contributed by atoms with van der Waals surface area (Å²) in [5.41, 5.74) is 2.16. The third-order valence-corrected chi connectivity index (χ3v) is 7.14. The van der Waals surface area contributed by atoms with Crippen molar-refractivity contribution in [1.82, 2.24) is 14.5 Å². The molecule has 1 amide bonds. The minimum atomic E-state index is -0.164. The summed E-state index contributed by atoms with van der Waals surface area (Å²) in [6.45, 7) is 2.78. The van der Waals surface area contributed by atoms with Crippen LogP contribution in [0, 0.1) is 0 Å². The normalized spacial score (nSPS) is 18.5. The topological polar surface area (TPSA) is 55.2 Å². The third-order valence-electron chi connectivity index (χ3n) is 6.05. The molecule has 1 fully saturated rings. The number of nitrogens with zero attached hydrogens (tertiary/aromatic N) is 3. The Kier molecular flexibility index (Phi) is 5.16. The highest BCUT2D eigenvalue weighted by molar-refractivity contribution is 7.21. The maximum Gasteiger partial charge on any atom is 0.262 e. The molecule has 0 spiro atoms. The Morgan fingerprint density at radius 1 is 1.10 bits per heavy atom. The maximum atomic E-state index is 13.1. The molecule has 4 aromatic rings. The molecule has 31 heavy (non-hydrogen) atoms. The predicted molar refractivity (Wildman–Crippen MR) is 124 cm³/mol. The number of thiophene rings is 1. The number of likely N-dealkylation sites (tertiary alicyclic amines) is 1. The van der Waals surface area contributed by atoms with Gasteiger partial charge in [0.25, 0.3) is 5.56 Å². The first-order valence-electron chi connectivity index (χ1n) is 10.5. The van der Waals surface area contributed by atoms with Crippen molar-refractivity contribution in [3.63, 3.8) is 0 Å². The molecule has 156 valence electrons. The van der Waals surface area contributed by atoms with Crippen molar-refractivity contribution in [3.8, 4) is 10.4 Å². The highest BCUT2D eigenvalue weighted by atomic mass is 32.1. The van der Waals surface area contributed by atoms with Crippen molar-refractivity contribution in [2.75, 3.05) is 6.54 Å². The lowest BCUT2D eigenvalue weighted by Crippen LogP contribution is -2.38. The molecule has 2 unspecified atom stereocenters. The molecule has 5 rings (SSSR count). The van der Waals surface area contributed by atoms with Crippen LogP contribution in [-0.2, 0) is 11.3 Å². The van der Waals surface area contributed by atoms with Gasteiger partial charge in [0.15, 0.2) is 0 Å². The molecule has 2 atom stereocenters. The van der Waals surface area contributed by atoms with E-state index in [0.29, 0.717) is 22.7 Å². The molecule has 0 N–H and O–H groups in total. The van der Waals surface area contributed by atoms with Crippen LogP contribution in [0.15, 0.2) is 77.9 Å². The van der Waals surface area contributed by atoms with E-state index in [4.69, 9.17) is 0 Å². The van der Waals surface area contributed by atoms with Crippen molar-refractivity contribution in [1.29, 1.82) is 0 Å². The van der Waals surface area contributed by atoms with E-state index in [9.17, 15) is 9.59 Å². The number of aromatic nitrogens is 2. The fourth-order valence-corrected chi connectivity index (χ4v) is 5.39. The highest BCUT2D eigenvalue weighted by Gasteiger charge is 2.33. The number of carbonyl (C=O) groups excluding carboxylic acids is 1. The van der Waals surface area contributed by atoms with Crippen molar-refractivity contribution in [3.05, 3.63) is 89.0 Å². The van der Waals surface area contributed by atoms with Gasteiger partial charge in [-0.15, -0.1) is 11.3 Å². The summed E-state index contributed by atoms with van der Waals surface area (Å²) in [7, 11) is 0. The van der Waals surface area contributed by atoms with Gasteiger partial charge in [-0.05, 0) is 30.5 Å². The van der Waals surface area contributed by atoms with Gasteiger partial charge in [0.2, 0.25) is 5.91 Å². The predicted octanol–water partition coefficient (Wildman–Crippen LogP) is 4.53. The molecule has 6 heteroatoms. The van der Waals surface area contributed by atoms with Crippen LogP contribution in [0.4, 0.5) is 0 Å². The average molecular weight is 430 g/mol. The van der Waals surface area contributed by atoms with Crippen LogP contribution in [0.5, 0.6) is 0 Å². The van der Waals surface area contributed by atoms with Crippen LogP contribution in [0.25, 0.3) is 20.7 Å². The van der Waals surface area contributed by atoms with E-state index in [0.717, 1.165) is 16.9 Å². The van der Waals surface area contributed by atoms with Crippen LogP contribution in [0.2, 0.25) is 0 Å². The second kappa shape index (κ2) is 8.12. The van der Waals surface area contributed by atoms with Gasteiger partial charge in [0.1, 0.15) is 11.4 Å². The number of fused-ring (bicyclic) bond motifs is 1. The minimum Gasteiger partial charge on any atom is -0.338 e. The smallest absolute Gasteiger partial charge is 0.262 e. The number of hydrogen-bond donors (Lipinski definition) is 0. The van der Waals surface area contributed by atoms with Crippen LogP contribution in [-0.4, -0.2) is 32.9 Å². The van der Waals surface area contributed by atoms with Crippen molar-refractivity contribution >= 4 is 27.5 Å². The Balaban J connectivity index is 1.37. The fourth-order valence-electron chi connectivity index (χ4n) is 4.40. The monoisotopic (exact) mass is 429 g/mol. The van der Waals surface area contributed by atoms with Gasteiger partial charge in [-0.3, -0.25) is 14.2 Å². The molecule has 2 aromatic carbocycles. The lowest BCUT2D eigenvalue weighted by Gasteiger charge is -2.22. The summed E-state index contributed by atoms with van der Waals surface area (Å²) in [5.74, 6) is 0.301. The molecule has 3 heterocycles. The summed E-state index contributed by atoms with van der Waals surface area (Å²) in [6, 6.07) is 22.3.